The van der Waals surface area contributed by atoms with Gasteiger partial charge in [-0.1, -0.05) is 30.3 Å². The fraction of sp³-hybridized carbons (Fsp3) is 0.462. The van der Waals surface area contributed by atoms with Gasteiger partial charge in [-0.3, -0.25) is 4.79 Å². The second-order valence-corrected chi connectivity index (χ2v) is 3.91. The van der Waals surface area contributed by atoms with Crippen molar-refractivity contribution < 1.29 is 14.3 Å². The number of methoxy groups -OCH3 is 1. The minimum absolute atomic E-state index is 0.0264. The molecule has 3 nitrogen and oxygen atoms in total. The van der Waals surface area contributed by atoms with Gasteiger partial charge < -0.3 is 9.47 Å². The average molecular weight is 220 g/mol. The summed E-state index contributed by atoms with van der Waals surface area (Å²) in [5, 5.41) is 0. The van der Waals surface area contributed by atoms with E-state index in [9.17, 15) is 4.79 Å². The molecule has 0 unspecified atom stereocenters. The third kappa shape index (κ3) is 1.95. The van der Waals surface area contributed by atoms with Gasteiger partial charge in [0.25, 0.3) is 0 Å². The summed E-state index contributed by atoms with van der Waals surface area (Å²) < 4.78 is 10.3. The Balaban J connectivity index is 2.09. The third-order valence-corrected chi connectivity index (χ3v) is 2.97. The van der Waals surface area contributed by atoms with Gasteiger partial charge in [-0.25, -0.2) is 0 Å². The zero-order valence-corrected chi connectivity index (χ0v) is 9.55. The van der Waals surface area contributed by atoms with Crippen molar-refractivity contribution in [1.82, 2.24) is 0 Å². The van der Waals surface area contributed by atoms with Crippen LogP contribution in [0.15, 0.2) is 30.3 Å². The lowest BCUT2D eigenvalue weighted by Crippen LogP contribution is -2.09. The lowest BCUT2D eigenvalue weighted by molar-refractivity contribution is -0.145. The number of hydrogen-bond donors (Lipinski definition) is 0. The van der Waals surface area contributed by atoms with Gasteiger partial charge in [-0.05, 0) is 12.5 Å². The van der Waals surface area contributed by atoms with E-state index >= 15 is 0 Å². The maximum atomic E-state index is 11.7. The predicted octanol–water partition coefficient (Wildman–Crippen LogP) is 1.98. The molecule has 0 radical (unpaired) electrons. The normalized spacial score (nSPS) is 27.5. The summed E-state index contributed by atoms with van der Waals surface area (Å²) in [4.78, 5) is 11.7. The van der Waals surface area contributed by atoms with Crippen molar-refractivity contribution >= 4 is 5.97 Å². The van der Waals surface area contributed by atoms with E-state index in [-0.39, 0.29) is 23.9 Å². The predicted molar refractivity (Wildman–Crippen MR) is 60.1 cm³/mol. The second-order valence-electron chi connectivity index (χ2n) is 3.91. The first kappa shape index (κ1) is 11.1. The van der Waals surface area contributed by atoms with E-state index in [4.69, 9.17) is 9.47 Å². The number of ether oxygens (including phenoxy) is 2. The van der Waals surface area contributed by atoms with Crippen LogP contribution in [0, 0.1) is 5.92 Å². The summed E-state index contributed by atoms with van der Waals surface area (Å²) in [5.74, 6) is -0.124. The molecule has 0 aromatic heterocycles. The maximum absolute atomic E-state index is 11.7. The fourth-order valence-electron chi connectivity index (χ4n) is 2.17. The molecule has 0 amide bonds. The van der Waals surface area contributed by atoms with Crippen molar-refractivity contribution in [2.45, 2.75) is 18.9 Å². The number of carbonyl (C=O) groups is 1. The average Bonchev–Trinajstić information content (AvgIpc) is 3.05. The molecule has 3 heteroatoms. The van der Waals surface area contributed by atoms with Crippen molar-refractivity contribution in [2.75, 3.05) is 13.7 Å². The van der Waals surface area contributed by atoms with E-state index in [1.54, 1.807) is 7.11 Å². The standard InChI is InChI=1S/C13H16O3/c1-3-16-13(14)11-10(12(11)15-2)9-7-5-4-6-8-9/h4-8,10-12H,3H2,1-2H3/t10-,11-,12-/m0/s1. The Morgan fingerprint density at radius 3 is 2.56 bits per heavy atom. The zero-order chi connectivity index (χ0) is 11.5. The number of benzene rings is 1. The van der Waals surface area contributed by atoms with Gasteiger partial charge in [0.05, 0.1) is 18.6 Å². The molecule has 1 aromatic rings. The summed E-state index contributed by atoms with van der Waals surface area (Å²) in [6, 6.07) is 9.96. The quantitative estimate of drug-likeness (QED) is 0.728. The first-order valence-corrected chi connectivity index (χ1v) is 5.54. The van der Waals surface area contributed by atoms with Crippen LogP contribution in [0.4, 0.5) is 0 Å². The molecule has 0 spiro atoms. The van der Waals surface area contributed by atoms with E-state index in [1.807, 2.05) is 37.3 Å². The summed E-state index contributed by atoms with van der Waals surface area (Å²) in [6.07, 6.45) is -0.0264. The van der Waals surface area contributed by atoms with E-state index < -0.39 is 0 Å². The molecule has 3 atom stereocenters. The van der Waals surface area contributed by atoms with Crippen molar-refractivity contribution in [3.63, 3.8) is 0 Å². The number of hydrogen-bond acceptors (Lipinski definition) is 3. The largest absolute Gasteiger partial charge is 0.466 e. The Morgan fingerprint density at radius 2 is 2.00 bits per heavy atom. The van der Waals surface area contributed by atoms with Crippen molar-refractivity contribution in [3.8, 4) is 0 Å². The highest BCUT2D eigenvalue weighted by atomic mass is 16.5. The molecule has 86 valence electrons. The zero-order valence-electron chi connectivity index (χ0n) is 9.55. The maximum Gasteiger partial charge on any atom is 0.312 e. The van der Waals surface area contributed by atoms with Gasteiger partial charge in [-0.15, -0.1) is 0 Å². The summed E-state index contributed by atoms with van der Waals surface area (Å²) >= 11 is 0. The molecule has 1 aliphatic rings. The second kappa shape index (κ2) is 4.66. The van der Waals surface area contributed by atoms with Gasteiger partial charge in [0, 0.05) is 13.0 Å². The van der Waals surface area contributed by atoms with E-state index in [0.29, 0.717) is 6.61 Å². The highest BCUT2D eigenvalue weighted by Crippen LogP contribution is 2.50. The molecule has 1 aliphatic carbocycles. The molecular weight excluding hydrogens is 204 g/mol. The highest BCUT2D eigenvalue weighted by Gasteiger charge is 2.57. The van der Waals surface area contributed by atoms with Crippen LogP contribution in [0.2, 0.25) is 0 Å². The molecular formula is C13H16O3. The van der Waals surface area contributed by atoms with Crippen LogP contribution in [-0.4, -0.2) is 25.8 Å². The Labute approximate surface area is 95.4 Å². The van der Waals surface area contributed by atoms with Gasteiger partial charge in [0.15, 0.2) is 0 Å². The Morgan fingerprint density at radius 1 is 1.31 bits per heavy atom. The van der Waals surface area contributed by atoms with E-state index in [0.717, 1.165) is 5.56 Å². The molecule has 1 fully saturated rings. The van der Waals surface area contributed by atoms with E-state index in [1.165, 1.54) is 0 Å². The van der Waals surface area contributed by atoms with Gasteiger partial charge in [0.1, 0.15) is 0 Å². The van der Waals surface area contributed by atoms with Crippen molar-refractivity contribution in [1.29, 1.82) is 0 Å². The van der Waals surface area contributed by atoms with Crippen LogP contribution in [0.5, 0.6) is 0 Å². The summed E-state index contributed by atoms with van der Waals surface area (Å²) in [6.45, 7) is 2.24. The van der Waals surface area contributed by atoms with Crippen LogP contribution in [0.25, 0.3) is 0 Å². The van der Waals surface area contributed by atoms with Gasteiger partial charge >= 0.3 is 5.97 Å². The first-order valence-electron chi connectivity index (χ1n) is 5.54. The minimum atomic E-state index is -0.150. The minimum Gasteiger partial charge on any atom is -0.466 e. The van der Waals surface area contributed by atoms with Crippen LogP contribution in [-0.2, 0) is 14.3 Å². The molecule has 0 N–H and O–H groups in total. The smallest absolute Gasteiger partial charge is 0.312 e. The van der Waals surface area contributed by atoms with E-state index in [2.05, 4.69) is 0 Å². The molecule has 0 bridgehead atoms. The monoisotopic (exact) mass is 220 g/mol. The summed E-state index contributed by atoms with van der Waals surface area (Å²) in [7, 11) is 1.64. The van der Waals surface area contributed by atoms with Crippen molar-refractivity contribution in [2.24, 2.45) is 5.92 Å². The van der Waals surface area contributed by atoms with Gasteiger partial charge in [-0.2, -0.15) is 0 Å². The third-order valence-electron chi connectivity index (χ3n) is 2.97. The van der Waals surface area contributed by atoms with Gasteiger partial charge in [0.2, 0.25) is 0 Å². The molecule has 0 heterocycles. The Bertz CT molecular complexity index is 361. The lowest BCUT2D eigenvalue weighted by Gasteiger charge is -1.99. The topological polar surface area (TPSA) is 35.5 Å². The summed E-state index contributed by atoms with van der Waals surface area (Å²) in [5.41, 5.74) is 1.15. The first-order chi connectivity index (χ1) is 7.79. The molecule has 2 rings (SSSR count). The number of esters is 1. The number of rotatable bonds is 4. The molecule has 1 saturated carbocycles. The Kier molecular flexibility index (Phi) is 3.25. The van der Waals surface area contributed by atoms with Crippen LogP contribution >= 0.6 is 0 Å². The molecule has 0 saturated heterocycles. The molecule has 1 aromatic carbocycles. The SMILES string of the molecule is CCOC(=O)[C@@H]1[C@@H](OC)[C@H]1c1ccccc1. The fourth-order valence-corrected chi connectivity index (χ4v) is 2.17. The number of carbonyl (C=O) groups excluding carboxylic acids is 1. The van der Waals surface area contributed by atoms with Crippen LogP contribution in [0.3, 0.4) is 0 Å². The highest BCUT2D eigenvalue weighted by molar-refractivity contribution is 5.79. The van der Waals surface area contributed by atoms with Crippen molar-refractivity contribution in [3.05, 3.63) is 35.9 Å². The van der Waals surface area contributed by atoms with Crippen LogP contribution < -0.4 is 0 Å². The lowest BCUT2D eigenvalue weighted by atomic mass is 10.1. The molecule has 16 heavy (non-hydrogen) atoms. The van der Waals surface area contributed by atoms with Crippen LogP contribution in [0.1, 0.15) is 18.4 Å². The Hall–Kier alpha value is -1.35. The molecule has 0 aliphatic heterocycles.